The van der Waals surface area contributed by atoms with E-state index in [9.17, 15) is 4.79 Å². The van der Waals surface area contributed by atoms with Gasteiger partial charge in [-0.25, -0.2) is 0 Å². The Morgan fingerprint density at radius 1 is 1.35 bits per heavy atom. The second-order valence-electron chi connectivity index (χ2n) is 5.77. The van der Waals surface area contributed by atoms with E-state index in [4.69, 9.17) is 4.74 Å². The Hall–Kier alpha value is -2.60. The molecule has 1 fully saturated rings. The molecule has 1 aliphatic heterocycles. The lowest BCUT2D eigenvalue weighted by molar-refractivity contribution is -0.00453. The van der Waals surface area contributed by atoms with E-state index in [1.807, 2.05) is 53.0 Å². The summed E-state index contributed by atoms with van der Waals surface area (Å²) < 4.78 is 7.66. The number of morpholine rings is 1. The van der Waals surface area contributed by atoms with Gasteiger partial charge in [-0.3, -0.25) is 9.89 Å². The molecular weight excluding hydrogens is 292 g/mol. The number of hydrogen-bond acceptors (Lipinski definition) is 3. The van der Waals surface area contributed by atoms with Crippen molar-refractivity contribution in [1.29, 1.82) is 0 Å². The lowest BCUT2D eigenvalue weighted by atomic mass is 10.1. The van der Waals surface area contributed by atoms with Crippen LogP contribution < -0.4 is 0 Å². The molecule has 3 heterocycles. The fraction of sp³-hybridized carbons (Fsp3) is 0.294. The Bertz CT molecular complexity index is 851. The zero-order valence-corrected chi connectivity index (χ0v) is 12.9. The van der Waals surface area contributed by atoms with Crippen LogP contribution in [0.25, 0.3) is 10.9 Å². The number of aromatic nitrogens is 3. The third-order valence-electron chi connectivity index (χ3n) is 4.42. The second-order valence-corrected chi connectivity index (χ2v) is 5.77. The number of hydrogen-bond donors (Lipinski definition) is 1. The fourth-order valence-corrected chi connectivity index (χ4v) is 3.21. The van der Waals surface area contributed by atoms with Crippen LogP contribution in [0.4, 0.5) is 0 Å². The number of ether oxygens (including phenoxy) is 1. The summed E-state index contributed by atoms with van der Waals surface area (Å²) >= 11 is 0. The summed E-state index contributed by atoms with van der Waals surface area (Å²) in [4.78, 5) is 15.0. The number of para-hydroxylation sites is 1. The number of fused-ring (bicyclic) bond motifs is 1. The van der Waals surface area contributed by atoms with Crippen molar-refractivity contribution in [3.63, 3.8) is 0 Å². The molecule has 6 heteroatoms. The minimum atomic E-state index is -0.0746. The first kappa shape index (κ1) is 14.0. The van der Waals surface area contributed by atoms with E-state index in [1.165, 1.54) is 0 Å². The van der Waals surface area contributed by atoms with Crippen LogP contribution in [0, 0.1) is 0 Å². The average Bonchev–Trinajstić information content (AvgIpc) is 3.22. The van der Waals surface area contributed by atoms with E-state index >= 15 is 0 Å². The van der Waals surface area contributed by atoms with Gasteiger partial charge in [-0.15, -0.1) is 0 Å². The third kappa shape index (κ3) is 2.31. The molecule has 1 aromatic carbocycles. The molecule has 1 aliphatic rings. The SMILES string of the molecule is Cn1cccc1[C@@H]1COCCN1C(=O)c1cccc2cn[nH]c12. The number of carbonyl (C=O) groups excluding carboxylic acids is 1. The van der Waals surface area contributed by atoms with E-state index in [2.05, 4.69) is 10.2 Å². The fourth-order valence-electron chi connectivity index (χ4n) is 3.21. The highest BCUT2D eigenvalue weighted by Gasteiger charge is 2.31. The maximum absolute atomic E-state index is 13.1. The molecule has 23 heavy (non-hydrogen) atoms. The maximum atomic E-state index is 13.1. The highest BCUT2D eigenvalue weighted by molar-refractivity contribution is 6.05. The van der Waals surface area contributed by atoms with Crippen LogP contribution in [0.1, 0.15) is 22.1 Å². The summed E-state index contributed by atoms with van der Waals surface area (Å²) in [6, 6.07) is 9.64. The van der Waals surface area contributed by atoms with E-state index < -0.39 is 0 Å². The molecule has 0 bridgehead atoms. The first-order chi connectivity index (χ1) is 11.3. The minimum Gasteiger partial charge on any atom is -0.377 e. The highest BCUT2D eigenvalue weighted by atomic mass is 16.5. The number of nitrogens with one attached hydrogen (secondary N) is 1. The van der Waals surface area contributed by atoms with E-state index in [0.717, 1.165) is 16.6 Å². The van der Waals surface area contributed by atoms with Gasteiger partial charge in [0.05, 0.1) is 36.5 Å². The van der Waals surface area contributed by atoms with Gasteiger partial charge >= 0.3 is 0 Å². The molecule has 1 amide bonds. The van der Waals surface area contributed by atoms with Gasteiger partial charge in [-0.05, 0) is 18.2 Å². The summed E-state index contributed by atoms with van der Waals surface area (Å²) in [6.07, 6.45) is 3.72. The van der Waals surface area contributed by atoms with Gasteiger partial charge in [0, 0.05) is 30.9 Å². The van der Waals surface area contributed by atoms with Crippen LogP contribution in [-0.4, -0.2) is 45.3 Å². The molecule has 118 valence electrons. The predicted octanol–water partition coefficient (Wildman–Crippen LogP) is 2.12. The van der Waals surface area contributed by atoms with Crippen LogP contribution in [0.3, 0.4) is 0 Å². The van der Waals surface area contributed by atoms with Gasteiger partial charge in [-0.2, -0.15) is 5.10 Å². The largest absolute Gasteiger partial charge is 0.377 e. The van der Waals surface area contributed by atoms with Crippen LogP contribution >= 0.6 is 0 Å². The summed E-state index contributed by atoms with van der Waals surface area (Å²) in [5, 5.41) is 7.93. The van der Waals surface area contributed by atoms with Crippen molar-refractivity contribution in [2.75, 3.05) is 19.8 Å². The van der Waals surface area contributed by atoms with Crippen molar-refractivity contribution in [3.05, 3.63) is 54.0 Å². The van der Waals surface area contributed by atoms with Crippen molar-refractivity contribution in [2.45, 2.75) is 6.04 Å². The van der Waals surface area contributed by atoms with Gasteiger partial charge in [0.25, 0.3) is 5.91 Å². The van der Waals surface area contributed by atoms with Crippen molar-refractivity contribution in [2.24, 2.45) is 7.05 Å². The predicted molar refractivity (Wildman–Crippen MR) is 86.1 cm³/mol. The van der Waals surface area contributed by atoms with Crippen molar-refractivity contribution in [1.82, 2.24) is 19.7 Å². The van der Waals surface area contributed by atoms with Gasteiger partial charge in [0.2, 0.25) is 0 Å². The summed E-state index contributed by atoms with van der Waals surface area (Å²) in [5.74, 6) is 0.00866. The normalized spacial score (nSPS) is 18.5. The lowest BCUT2D eigenvalue weighted by Crippen LogP contribution is -2.44. The summed E-state index contributed by atoms with van der Waals surface area (Å²) in [7, 11) is 1.99. The Morgan fingerprint density at radius 2 is 2.26 bits per heavy atom. The molecule has 0 saturated carbocycles. The zero-order valence-electron chi connectivity index (χ0n) is 12.9. The molecule has 0 spiro atoms. The van der Waals surface area contributed by atoms with Crippen molar-refractivity contribution >= 4 is 16.8 Å². The Kier molecular flexibility index (Phi) is 3.38. The number of amides is 1. The average molecular weight is 310 g/mol. The molecule has 1 N–H and O–H groups in total. The minimum absolute atomic E-state index is 0.00866. The summed E-state index contributed by atoms with van der Waals surface area (Å²) in [5.41, 5.74) is 2.52. The van der Waals surface area contributed by atoms with Gasteiger partial charge in [-0.1, -0.05) is 12.1 Å². The number of rotatable bonds is 2. The van der Waals surface area contributed by atoms with Gasteiger partial charge in [0.15, 0.2) is 0 Å². The Balaban J connectivity index is 1.73. The van der Waals surface area contributed by atoms with Crippen LogP contribution in [0.2, 0.25) is 0 Å². The molecule has 3 aromatic rings. The molecule has 0 aliphatic carbocycles. The van der Waals surface area contributed by atoms with Crippen LogP contribution in [0.15, 0.2) is 42.7 Å². The first-order valence-electron chi connectivity index (χ1n) is 7.68. The first-order valence-corrected chi connectivity index (χ1v) is 7.68. The quantitative estimate of drug-likeness (QED) is 0.788. The Labute approximate surface area is 133 Å². The molecular formula is C17H18N4O2. The zero-order chi connectivity index (χ0) is 15.8. The number of aryl methyl sites for hydroxylation is 1. The Morgan fingerprint density at radius 3 is 3.09 bits per heavy atom. The molecule has 0 radical (unpaired) electrons. The number of carbonyl (C=O) groups is 1. The third-order valence-corrected chi connectivity index (χ3v) is 4.42. The van der Waals surface area contributed by atoms with E-state index in [-0.39, 0.29) is 11.9 Å². The number of benzene rings is 1. The van der Waals surface area contributed by atoms with Crippen LogP contribution in [0.5, 0.6) is 0 Å². The molecule has 0 unspecified atom stereocenters. The standard InChI is InChI=1S/C17H18N4O2/c1-20-7-3-6-14(20)15-11-23-9-8-21(15)17(22)13-5-2-4-12-10-18-19-16(12)13/h2-7,10,15H,8-9,11H2,1H3,(H,18,19)/t15-/m0/s1. The molecule has 4 rings (SSSR count). The molecule has 1 saturated heterocycles. The molecule has 1 atom stereocenters. The molecule has 2 aromatic heterocycles. The second kappa shape index (κ2) is 5.55. The van der Waals surface area contributed by atoms with E-state index in [0.29, 0.717) is 25.3 Å². The lowest BCUT2D eigenvalue weighted by Gasteiger charge is -2.36. The van der Waals surface area contributed by atoms with Gasteiger partial charge in [0.1, 0.15) is 0 Å². The van der Waals surface area contributed by atoms with Crippen molar-refractivity contribution in [3.8, 4) is 0 Å². The monoisotopic (exact) mass is 310 g/mol. The summed E-state index contributed by atoms with van der Waals surface area (Å²) in [6.45, 7) is 1.66. The maximum Gasteiger partial charge on any atom is 0.256 e. The highest BCUT2D eigenvalue weighted by Crippen LogP contribution is 2.27. The van der Waals surface area contributed by atoms with Gasteiger partial charge < -0.3 is 14.2 Å². The molecule has 6 nitrogen and oxygen atoms in total. The van der Waals surface area contributed by atoms with E-state index in [1.54, 1.807) is 6.20 Å². The smallest absolute Gasteiger partial charge is 0.256 e. The topological polar surface area (TPSA) is 63.1 Å². The number of aromatic amines is 1. The number of nitrogens with zero attached hydrogens (tertiary/aromatic N) is 3. The number of H-pyrrole nitrogens is 1. The van der Waals surface area contributed by atoms with Crippen molar-refractivity contribution < 1.29 is 9.53 Å². The van der Waals surface area contributed by atoms with Crippen LogP contribution in [-0.2, 0) is 11.8 Å².